The number of ketones is 1. The summed E-state index contributed by atoms with van der Waals surface area (Å²) in [5, 5.41) is 19.3. The van der Waals surface area contributed by atoms with Gasteiger partial charge >= 0.3 is 0 Å². The van der Waals surface area contributed by atoms with Crippen molar-refractivity contribution in [2.24, 2.45) is 11.8 Å². The fourth-order valence-electron chi connectivity index (χ4n) is 2.75. The van der Waals surface area contributed by atoms with E-state index >= 15 is 0 Å². The van der Waals surface area contributed by atoms with Crippen LogP contribution in [0.3, 0.4) is 0 Å². The molecule has 2 rings (SSSR count). The molecular formula is C20H24O5. The van der Waals surface area contributed by atoms with Crippen molar-refractivity contribution in [2.75, 3.05) is 14.2 Å². The Kier molecular flexibility index (Phi) is 5.91. The zero-order valence-corrected chi connectivity index (χ0v) is 14.9. The van der Waals surface area contributed by atoms with Gasteiger partial charge in [0.15, 0.2) is 28.8 Å². The molecule has 0 spiro atoms. The number of aromatic hydroxyl groups is 2. The van der Waals surface area contributed by atoms with Crippen LogP contribution in [0.4, 0.5) is 0 Å². The largest absolute Gasteiger partial charge is 0.504 e. The highest BCUT2D eigenvalue weighted by Gasteiger charge is 2.23. The maximum Gasteiger partial charge on any atom is 0.166 e. The SMILES string of the molecule is COc1cc(C[C@H](C)[C@@H](C)C(=O)c2ccc(O)c(OC)c2)ccc1O. The second-order valence-electron chi connectivity index (χ2n) is 6.23. The van der Waals surface area contributed by atoms with E-state index in [4.69, 9.17) is 9.47 Å². The molecule has 0 aliphatic rings. The minimum Gasteiger partial charge on any atom is -0.504 e. The zero-order chi connectivity index (χ0) is 18.6. The van der Waals surface area contributed by atoms with Crippen molar-refractivity contribution >= 4 is 5.78 Å². The van der Waals surface area contributed by atoms with E-state index in [9.17, 15) is 15.0 Å². The first-order valence-corrected chi connectivity index (χ1v) is 8.14. The third-order valence-corrected chi connectivity index (χ3v) is 4.53. The van der Waals surface area contributed by atoms with E-state index in [0.717, 1.165) is 5.56 Å². The van der Waals surface area contributed by atoms with Crippen molar-refractivity contribution in [3.63, 3.8) is 0 Å². The summed E-state index contributed by atoms with van der Waals surface area (Å²) in [6.07, 6.45) is 0.679. The Hall–Kier alpha value is -2.69. The molecule has 0 aliphatic heterocycles. The Morgan fingerprint density at radius 3 is 2.12 bits per heavy atom. The van der Waals surface area contributed by atoms with Crippen molar-refractivity contribution in [1.82, 2.24) is 0 Å². The number of rotatable bonds is 7. The number of carbonyl (C=O) groups is 1. The van der Waals surface area contributed by atoms with Crippen molar-refractivity contribution in [3.8, 4) is 23.0 Å². The molecule has 2 atom stereocenters. The zero-order valence-electron chi connectivity index (χ0n) is 14.9. The molecule has 134 valence electrons. The average molecular weight is 344 g/mol. The van der Waals surface area contributed by atoms with Crippen molar-refractivity contribution in [1.29, 1.82) is 0 Å². The topological polar surface area (TPSA) is 76.0 Å². The van der Waals surface area contributed by atoms with Crippen LogP contribution in [0.5, 0.6) is 23.0 Å². The van der Waals surface area contributed by atoms with Crippen LogP contribution in [0, 0.1) is 11.8 Å². The lowest BCUT2D eigenvalue weighted by Gasteiger charge is -2.20. The molecule has 2 aromatic carbocycles. The number of phenols is 2. The van der Waals surface area contributed by atoms with Crippen LogP contribution in [0.15, 0.2) is 36.4 Å². The van der Waals surface area contributed by atoms with Crippen LogP contribution < -0.4 is 9.47 Å². The maximum absolute atomic E-state index is 12.7. The predicted molar refractivity (Wildman–Crippen MR) is 95.7 cm³/mol. The molecule has 2 aromatic rings. The second-order valence-corrected chi connectivity index (χ2v) is 6.23. The number of benzene rings is 2. The van der Waals surface area contributed by atoms with E-state index in [1.165, 1.54) is 20.3 Å². The molecule has 0 saturated carbocycles. The number of ether oxygens (including phenoxy) is 2. The van der Waals surface area contributed by atoms with Crippen LogP contribution in [0.1, 0.15) is 29.8 Å². The molecule has 0 fully saturated rings. The Bertz CT molecular complexity index is 754. The lowest BCUT2D eigenvalue weighted by atomic mass is 9.84. The summed E-state index contributed by atoms with van der Waals surface area (Å²) in [4.78, 5) is 12.7. The third kappa shape index (κ3) is 4.24. The van der Waals surface area contributed by atoms with E-state index in [-0.39, 0.29) is 34.9 Å². The number of hydrogen-bond acceptors (Lipinski definition) is 5. The molecule has 25 heavy (non-hydrogen) atoms. The molecule has 0 saturated heterocycles. The van der Waals surface area contributed by atoms with Gasteiger partial charge in [0.1, 0.15) is 0 Å². The fourth-order valence-corrected chi connectivity index (χ4v) is 2.75. The number of Topliss-reactive ketones (excluding diaryl/α,β-unsaturated/α-hetero) is 1. The summed E-state index contributed by atoms with van der Waals surface area (Å²) in [5.41, 5.74) is 1.50. The van der Waals surface area contributed by atoms with Crippen molar-refractivity contribution < 1.29 is 24.5 Å². The Labute approximate surface area is 147 Å². The summed E-state index contributed by atoms with van der Waals surface area (Å²) in [6, 6.07) is 9.84. The fraction of sp³-hybridized carbons (Fsp3) is 0.350. The second kappa shape index (κ2) is 7.92. The summed E-state index contributed by atoms with van der Waals surface area (Å²) < 4.78 is 10.2. The standard InChI is InChI=1S/C20H24O5/c1-12(9-14-5-7-16(21)18(10-14)24-3)13(2)20(23)15-6-8-17(22)19(11-15)25-4/h5-8,10-13,21-22H,9H2,1-4H3/t12-,13+/m0/s1. The maximum atomic E-state index is 12.7. The molecule has 0 amide bonds. The monoisotopic (exact) mass is 344 g/mol. The van der Waals surface area contributed by atoms with Gasteiger partial charge in [-0.25, -0.2) is 0 Å². The summed E-state index contributed by atoms with van der Waals surface area (Å²) in [7, 11) is 2.96. The minimum absolute atomic E-state index is 0.00320. The van der Waals surface area contributed by atoms with Crippen molar-refractivity contribution in [2.45, 2.75) is 20.3 Å². The minimum atomic E-state index is -0.214. The quantitative estimate of drug-likeness (QED) is 0.747. The lowest BCUT2D eigenvalue weighted by molar-refractivity contribution is 0.0892. The van der Waals surface area contributed by atoms with Gasteiger partial charge in [0.05, 0.1) is 14.2 Å². The number of methoxy groups -OCH3 is 2. The molecule has 5 nitrogen and oxygen atoms in total. The Morgan fingerprint density at radius 1 is 0.960 bits per heavy atom. The van der Waals surface area contributed by atoms with Crippen molar-refractivity contribution in [3.05, 3.63) is 47.5 Å². The van der Waals surface area contributed by atoms with E-state index in [2.05, 4.69) is 0 Å². The highest BCUT2D eigenvalue weighted by Crippen LogP contribution is 2.31. The summed E-state index contributed by atoms with van der Waals surface area (Å²) in [5.74, 6) is 0.684. The van der Waals surface area contributed by atoms with Crippen LogP contribution in [0.25, 0.3) is 0 Å². The molecule has 2 N–H and O–H groups in total. The van der Waals surface area contributed by atoms with Gasteiger partial charge in [0, 0.05) is 11.5 Å². The highest BCUT2D eigenvalue weighted by molar-refractivity contribution is 5.98. The molecule has 0 unspecified atom stereocenters. The normalized spacial score (nSPS) is 13.1. The van der Waals surface area contributed by atoms with Gasteiger partial charge < -0.3 is 19.7 Å². The molecule has 0 aliphatic carbocycles. The van der Waals surface area contributed by atoms with Gasteiger partial charge in [0.25, 0.3) is 0 Å². The van der Waals surface area contributed by atoms with Gasteiger partial charge in [0.2, 0.25) is 0 Å². The molecular weight excluding hydrogens is 320 g/mol. The molecule has 0 aromatic heterocycles. The van der Waals surface area contributed by atoms with Crippen LogP contribution >= 0.6 is 0 Å². The predicted octanol–water partition coefficient (Wildman–Crippen LogP) is 3.81. The highest BCUT2D eigenvalue weighted by atomic mass is 16.5. The number of hydrogen-bond donors (Lipinski definition) is 2. The molecule has 0 heterocycles. The van der Waals surface area contributed by atoms with E-state index in [0.29, 0.717) is 17.7 Å². The molecule has 0 bridgehead atoms. The van der Waals surface area contributed by atoms with Gasteiger partial charge in [-0.2, -0.15) is 0 Å². The van der Waals surface area contributed by atoms with Crippen LogP contribution in [-0.4, -0.2) is 30.2 Å². The summed E-state index contributed by atoms with van der Waals surface area (Å²) >= 11 is 0. The van der Waals surface area contributed by atoms with Gasteiger partial charge in [-0.05, 0) is 48.2 Å². The number of carbonyl (C=O) groups excluding carboxylic acids is 1. The molecule has 5 heteroatoms. The van der Waals surface area contributed by atoms with Gasteiger partial charge in [-0.3, -0.25) is 4.79 Å². The third-order valence-electron chi connectivity index (χ3n) is 4.53. The van der Waals surface area contributed by atoms with Crippen LogP contribution in [-0.2, 0) is 6.42 Å². The smallest absolute Gasteiger partial charge is 0.166 e. The van der Waals surface area contributed by atoms with E-state index < -0.39 is 0 Å². The average Bonchev–Trinajstić information content (AvgIpc) is 2.62. The summed E-state index contributed by atoms with van der Waals surface area (Å²) in [6.45, 7) is 3.91. The lowest BCUT2D eigenvalue weighted by Crippen LogP contribution is -2.21. The van der Waals surface area contributed by atoms with E-state index in [1.54, 1.807) is 24.3 Å². The Balaban J connectivity index is 2.13. The number of phenolic OH excluding ortho intramolecular Hbond substituents is 2. The first kappa shape index (κ1) is 18.6. The van der Waals surface area contributed by atoms with Crippen LogP contribution in [0.2, 0.25) is 0 Å². The van der Waals surface area contributed by atoms with Gasteiger partial charge in [-0.15, -0.1) is 0 Å². The van der Waals surface area contributed by atoms with Gasteiger partial charge in [-0.1, -0.05) is 19.9 Å². The first-order valence-electron chi connectivity index (χ1n) is 8.14. The Morgan fingerprint density at radius 2 is 1.52 bits per heavy atom. The first-order chi connectivity index (χ1) is 11.9. The van der Waals surface area contributed by atoms with E-state index in [1.807, 2.05) is 19.9 Å². The molecule has 0 radical (unpaired) electrons.